The number of rotatable bonds is 4. The second-order valence-corrected chi connectivity index (χ2v) is 6.59. The molecule has 134 valence electrons. The Bertz CT molecular complexity index is 1040. The fourth-order valence-corrected chi connectivity index (χ4v) is 2.72. The molecule has 0 aliphatic rings. The molecule has 0 saturated heterocycles. The zero-order valence-corrected chi connectivity index (χ0v) is 15.4. The van der Waals surface area contributed by atoms with Crippen LogP contribution in [0.5, 0.6) is 5.75 Å². The maximum atomic E-state index is 13.1. The van der Waals surface area contributed by atoms with E-state index in [1.165, 1.54) is 0 Å². The third kappa shape index (κ3) is 3.44. The molecule has 1 aromatic heterocycles. The first-order valence-electron chi connectivity index (χ1n) is 8.12. The third-order valence-electron chi connectivity index (χ3n) is 3.97. The van der Waals surface area contributed by atoms with Crippen molar-refractivity contribution in [1.82, 2.24) is 0 Å². The molecule has 0 fully saturated rings. The van der Waals surface area contributed by atoms with Crippen LogP contribution >= 0.6 is 11.6 Å². The van der Waals surface area contributed by atoms with Crippen LogP contribution < -0.4 is 15.5 Å². The van der Waals surface area contributed by atoms with Crippen LogP contribution in [0.2, 0.25) is 5.02 Å². The summed E-state index contributed by atoms with van der Waals surface area (Å²) in [6.45, 7) is 3.53. The molecule has 0 aliphatic carbocycles. The van der Waals surface area contributed by atoms with E-state index < -0.39 is 0 Å². The summed E-state index contributed by atoms with van der Waals surface area (Å²) in [5.41, 5.74) is 0.915. The van der Waals surface area contributed by atoms with Gasteiger partial charge in [0.1, 0.15) is 11.3 Å². The Hall–Kier alpha value is -2.79. The minimum absolute atomic E-state index is 0.108. The lowest BCUT2D eigenvalue weighted by molar-refractivity contribution is -0.119. The van der Waals surface area contributed by atoms with Gasteiger partial charge in [0.25, 0.3) is 0 Å². The molecule has 3 aromatic rings. The van der Waals surface area contributed by atoms with Gasteiger partial charge < -0.3 is 9.15 Å². The molecule has 1 amide bonds. The second kappa shape index (κ2) is 7.22. The van der Waals surface area contributed by atoms with Gasteiger partial charge in [0.15, 0.2) is 0 Å². The highest BCUT2D eigenvalue weighted by Gasteiger charge is 2.20. The van der Waals surface area contributed by atoms with Gasteiger partial charge in [-0.1, -0.05) is 37.6 Å². The zero-order chi connectivity index (χ0) is 18.8. The Balaban J connectivity index is 2.30. The Labute approximate surface area is 155 Å². The molecule has 0 radical (unpaired) electrons. The van der Waals surface area contributed by atoms with Gasteiger partial charge in [-0.3, -0.25) is 14.9 Å². The lowest BCUT2D eigenvalue weighted by atomic mass is 10.0. The van der Waals surface area contributed by atoms with E-state index in [1.807, 2.05) is 0 Å². The van der Waals surface area contributed by atoms with Crippen LogP contribution in [0.15, 0.2) is 51.7 Å². The summed E-state index contributed by atoms with van der Waals surface area (Å²) in [5, 5.41) is 3.49. The van der Waals surface area contributed by atoms with E-state index in [0.29, 0.717) is 27.3 Å². The van der Waals surface area contributed by atoms with Crippen molar-refractivity contribution in [3.63, 3.8) is 0 Å². The van der Waals surface area contributed by atoms with E-state index in [4.69, 9.17) is 20.8 Å². The van der Waals surface area contributed by atoms with E-state index in [9.17, 15) is 9.59 Å². The van der Waals surface area contributed by atoms with Gasteiger partial charge in [-0.25, -0.2) is 0 Å². The van der Waals surface area contributed by atoms with Crippen molar-refractivity contribution in [2.75, 3.05) is 12.4 Å². The largest absolute Gasteiger partial charge is 0.497 e. The molecule has 2 aromatic carbocycles. The van der Waals surface area contributed by atoms with Crippen LogP contribution in [0, 0.1) is 5.92 Å². The van der Waals surface area contributed by atoms with Gasteiger partial charge in [0.05, 0.1) is 18.1 Å². The van der Waals surface area contributed by atoms with Crippen LogP contribution in [-0.4, -0.2) is 13.0 Å². The summed E-state index contributed by atoms with van der Waals surface area (Å²) in [6, 6.07) is 11.8. The Morgan fingerprint density at radius 3 is 2.65 bits per heavy atom. The number of fused-ring (bicyclic) bond motifs is 1. The van der Waals surface area contributed by atoms with Crippen molar-refractivity contribution in [3.05, 3.63) is 57.7 Å². The highest BCUT2D eigenvalue weighted by atomic mass is 35.5. The Morgan fingerprint density at radius 2 is 1.96 bits per heavy atom. The number of hydrogen-bond donors (Lipinski definition) is 1. The van der Waals surface area contributed by atoms with Crippen molar-refractivity contribution in [1.29, 1.82) is 0 Å². The average molecular weight is 372 g/mol. The molecule has 26 heavy (non-hydrogen) atoms. The van der Waals surface area contributed by atoms with Crippen molar-refractivity contribution in [2.45, 2.75) is 13.8 Å². The monoisotopic (exact) mass is 371 g/mol. The molecular weight excluding hydrogens is 354 g/mol. The summed E-state index contributed by atoms with van der Waals surface area (Å²) in [7, 11) is 1.54. The van der Waals surface area contributed by atoms with Crippen LogP contribution in [0.1, 0.15) is 13.8 Å². The minimum Gasteiger partial charge on any atom is -0.497 e. The van der Waals surface area contributed by atoms with E-state index in [2.05, 4.69) is 5.32 Å². The number of hydrogen-bond acceptors (Lipinski definition) is 4. The average Bonchev–Trinajstić information content (AvgIpc) is 2.62. The summed E-state index contributed by atoms with van der Waals surface area (Å²) in [6.07, 6.45) is 0. The van der Waals surface area contributed by atoms with Crippen molar-refractivity contribution in [3.8, 4) is 16.9 Å². The van der Waals surface area contributed by atoms with E-state index >= 15 is 0 Å². The summed E-state index contributed by atoms with van der Waals surface area (Å²) in [5.74, 6) is 0.191. The first-order chi connectivity index (χ1) is 12.4. The standard InChI is InChI=1S/C20H18ClNO4/c1-11(2)19(24)22-20-17(12-5-4-6-14(9-12)25-3)18(23)15-10-13(21)7-8-16(15)26-20/h4-11H,1-3H3,(H,22,24). The smallest absolute Gasteiger partial charge is 0.229 e. The number of halogens is 1. The first-order valence-corrected chi connectivity index (χ1v) is 8.50. The van der Waals surface area contributed by atoms with Gasteiger partial charge in [-0.15, -0.1) is 0 Å². The molecule has 3 rings (SSSR count). The summed E-state index contributed by atoms with van der Waals surface area (Å²) < 4.78 is 11.1. The zero-order valence-electron chi connectivity index (χ0n) is 14.6. The van der Waals surface area contributed by atoms with E-state index in [-0.39, 0.29) is 28.7 Å². The van der Waals surface area contributed by atoms with Crippen LogP contribution in [0.4, 0.5) is 5.88 Å². The quantitative estimate of drug-likeness (QED) is 0.720. The lowest BCUT2D eigenvalue weighted by Gasteiger charge is -2.13. The Morgan fingerprint density at radius 1 is 1.19 bits per heavy atom. The fraction of sp³-hybridized carbons (Fsp3) is 0.200. The number of carbonyl (C=O) groups is 1. The van der Waals surface area contributed by atoms with Crippen molar-refractivity contribution in [2.24, 2.45) is 5.92 Å². The molecule has 0 unspecified atom stereocenters. The molecule has 0 atom stereocenters. The maximum absolute atomic E-state index is 13.1. The van der Waals surface area contributed by atoms with Crippen molar-refractivity contribution < 1.29 is 13.9 Å². The van der Waals surface area contributed by atoms with Crippen LogP contribution in [0.3, 0.4) is 0 Å². The Kier molecular flexibility index (Phi) is 5.00. The molecule has 1 N–H and O–H groups in total. The van der Waals surface area contributed by atoms with Gasteiger partial charge in [0.2, 0.25) is 17.2 Å². The fourth-order valence-electron chi connectivity index (χ4n) is 2.55. The van der Waals surface area contributed by atoms with E-state index in [0.717, 1.165) is 0 Å². The minimum atomic E-state index is -0.277. The highest BCUT2D eigenvalue weighted by Crippen LogP contribution is 2.31. The van der Waals surface area contributed by atoms with Crippen LogP contribution in [0.25, 0.3) is 22.1 Å². The highest BCUT2D eigenvalue weighted by molar-refractivity contribution is 6.31. The molecule has 0 saturated carbocycles. The van der Waals surface area contributed by atoms with E-state index in [1.54, 1.807) is 63.4 Å². The molecule has 0 bridgehead atoms. The lowest BCUT2D eigenvalue weighted by Crippen LogP contribution is -2.20. The topological polar surface area (TPSA) is 68.5 Å². The predicted octanol–water partition coefficient (Wildman–Crippen LogP) is 4.72. The van der Waals surface area contributed by atoms with Crippen LogP contribution in [-0.2, 0) is 4.79 Å². The number of nitrogens with one attached hydrogen (secondary N) is 1. The molecule has 1 heterocycles. The molecule has 5 nitrogen and oxygen atoms in total. The molecular formula is C20H18ClNO4. The molecule has 6 heteroatoms. The second-order valence-electron chi connectivity index (χ2n) is 6.15. The summed E-state index contributed by atoms with van der Waals surface area (Å²) in [4.78, 5) is 25.3. The molecule has 0 spiro atoms. The number of ether oxygens (including phenoxy) is 1. The SMILES string of the molecule is COc1cccc(-c2c(NC(=O)C(C)C)oc3ccc(Cl)cc3c2=O)c1. The summed E-state index contributed by atoms with van der Waals surface area (Å²) >= 11 is 6.03. The number of amides is 1. The van der Waals surface area contributed by atoms with Gasteiger partial charge in [-0.05, 0) is 35.9 Å². The normalized spacial score (nSPS) is 11.0. The number of carbonyl (C=O) groups excluding carboxylic acids is 1. The first kappa shape index (κ1) is 18.0. The third-order valence-corrected chi connectivity index (χ3v) is 4.21. The number of methoxy groups -OCH3 is 1. The van der Waals surface area contributed by atoms with Crippen molar-refractivity contribution >= 4 is 34.4 Å². The number of benzene rings is 2. The molecule has 0 aliphatic heterocycles. The van der Waals surface area contributed by atoms with Gasteiger partial charge >= 0.3 is 0 Å². The predicted molar refractivity (Wildman–Crippen MR) is 103 cm³/mol. The maximum Gasteiger partial charge on any atom is 0.229 e. The van der Waals surface area contributed by atoms with Gasteiger partial charge in [0, 0.05) is 10.9 Å². The van der Waals surface area contributed by atoms with Gasteiger partial charge in [-0.2, -0.15) is 0 Å². The number of anilines is 1.